The van der Waals surface area contributed by atoms with Crippen molar-refractivity contribution in [3.05, 3.63) is 77.4 Å². The molecule has 6 nitrogen and oxygen atoms in total. The highest BCUT2D eigenvalue weighted by Gasteiger charge is 2.30. The maximum Gasteiger partial charge on any atom is 0.258 e. The smallest absolute Gasteiger partial charge is 0.258 e. The lowest BCUT2D eigenvalue weighted by Crippen LogP contribution is -2.49. The molecule has 0 aliphatic carbocycles. The molecular formula is C30H35N3O3. The predicted octanol–water partition coefficient (Wildman–Crippen LogP) is 5.22. The van der Waals surface area contributed by atoms with Gasteiger partial charge in [0.25, 0.3) is 5.91 Å². The van der Waals surface area contributed by atoms with E-state index in [1.54, 1.807) is 16.7 Å². The van der Waals surface area contributed by atoms with Gasteiger partial charge in [-0.1, -0.05) is 61.0 Å². The van der Waals surface area contributed by atoms with Crippen LogP contribution in [0.4, 0.5) is 5.69 Å². The third-order valence-corrected chi connectivity index (χ3v) is 7.03. The average molecular weight is 486 g/mol. The van der Waals surface area contributed by atoms with E-state index in [0.29, 0.717) is 25.1 Å². The first kappa shape index (κ1) is 25.4. The molecule has 0 radical (unpaired) electrons. The van der Waals surface area contributed by atoms with Crippen LogP contribution in [0.2, 0.25) is 0 Å². The molecule has 4 rings (SSSR count). The minimum Gasteiger partial charge on any atom is -0.352 e. The van der Waals surface area contributed by atoms with Gasteiger partial charge in [0.2, 0.25) is 11.8 Å². The summed E-state index contributed by atoms with van der Waals surface area (Å²) in [6, 6.07) is 19.2. The first-order chi connectivity index (χ1) is 17.3. The summed E-state index contributed by atoms with van der Waals surface area (Å²) in [5.41, 5.74) is 3.71. The summed E-state index contributed by atoms with van der Waals surface area (Å²) in [5.74, 6) is -0.264. The maximum absolute atomic E-state index is 13.4. The predicted molar refractivity (Wildman–Crippen MR) is 144 cm³/mol. The Bertz CT molecular complexity index is 1280. The number of nitrogens with one attached hydrogen (secondary N) is 1. The molecule has 0 aromatic heterocycles. The van der Waals surface area contributed by atoms with Crippen molar-refractivity contribution in [2.45, 2.75) is 65.6 Å². The molecule has 0 unspecified atom stereocenters. The Morgan fingerprint density at radius 1 is 1.03 bits per heavy atom. The number of rotatable bonds is 10. The highest BCUT2D eigenvalue weighted by atomic mass is 16.2. The van der Waals surface area contributed by atoms with Gasteiger partial charge in [0, 0.05) is 36.5 Å². The Morgan fingerprint density at radius 2 is 1.75 bits per heavy atom. The number of nitrogens with zero attached hydrogens (tertiary/aromatic N) is 2. The Hall–Kier alpha value is -3.67. The van der Waals surface area contributed by atoms with Gasteiger partial charge < -0.3 is 15.1 Å². The molecule has 0 saturated carbocycles. The van der Waals surface area contributed by atoms with Gasteiger partial charge in [-0.15, -0.1) is 0 Å². The summed E-state index contributed by atoms with van der Waals surface area (Å²) >= 11 is 0. The second-order valence-electron chi connectivity index (χ2n) is 9.75. The average Bonchev–Trinajstić information content (AvgIpc) is 3.14. The summed E-state index contributed by atoms with van der Waals surface area (Å²) in [7, 11) is 0. The number of carbonyl (C=O) groups excluding carboxylic acids is 3. The highest BCUT2D eigenvalue weighted by molar-refractivity contribution is 6.25. The fourth-order valence-electron chi connectivity index (χ4n) is 4.79. The number of carbonyl (C=O) groups is 3. The quantitative estimate of drug-likeness (QED) is 0.428. The number of aryl methyl sites for hydroxylation is 1. The van der Waals surface area contributed by atoms with E-state index in [0.717, 1.165) is 34.0 Å². The van der Waals surface area contributed by atoms with Gasteiger partial charge in [0.1, 0.15) is 6.04 Å². The van der Waals surface area contributed by atoms with Crippen LogP contribution < -0.4 is 10.2 Å². The van der Waals surface area contributed by atoms with Crippen LogP contribution >= 0.6 is 0 Å². The van der Waals surface area contributed by atoms with E-state index in [1.807, 2.05) is 81.4 Å². The third kappa shape index (κ3) is 5.27. The molecule has 1 N–H and O–H groups in total. The van der Waals surface area contributed by atoms with Crippen LogP contribution in [-0.4, -0.2) is 41.2 Å². The molecule has 3 aromatic carbocycles. The topological polar surface area (TPSA) is 69.7 Å². The first-order valence-electron chi connectivity index (χ1n) is 12.8. The van der Waals surface area contributed by atoms with Crippen LogP contribution in [0.1, 0.15) is 61.5 Å². The van der Waals surface area contributed by atoms with Gasteiger partial charge >= 0.3 is 0 Å². The lowest BCUT2D eigenvalue weighted by atomic mass is 10.1. The summed E-state index contributed by atoms with van der Waals surface area (Å²) in [6.45, 7) is 8.59. The van der Waals surface area contributed by atoms with Crippen molar-refractivity contribution in [3.63, 3.8) is 0 Å². The Kier molecular flexibility index (Phi) is 7.73. The lowest BCUT2D eigenvalue weighted by molar-refractivity contribution is -0.140. The number of hydrogen-bond donors (Lipinski definition) is 1. The molecule has 0 bridgehead atoms. The van der Waals surface area contributed by atoms with Gasteiger partial charge in [0.15, 0.2) is 0 Å². The Balaban J connectivity index is 1.46. The van der Waals surface area contributed by atoms with Crippen molar-refractivity contribution in [2.24, 2.45) is 0 Å². The minimum absolute atomic E-state index is 0.0211. The van der Waals surface area contributed by atoms with Crippen molar-refractivity contribution in [1.29, 1.82) is 0 Å². The van der Waals surface area contributed by atoms with Crippen LogP contribution in [0.5, 0.6) is 0 Å². The van der Waals surface area contributed by atoms with Crippen LogP contribution in [0.25, 0.3) is 10.8 Å². The van der Waals surface area contributed by atoms with Crippen LogP contribution in [0.3, 0.4) is 0 Å². The molecule has 0 spiro atoms. The van der Waals surface area contributed by atoms with Gasteiger partial charge in [0.05, 0.1) is 5.69 Å². The molecule has 3 aromatic rings. The number of benzene rings is 3. The van der Waals surface area contributed by atoms with E-state index in [2.05, 4.69) is 5.32 Å². The SMILES string of the molecule is CC[C@@H](C)NC(=O)[C@H](C)N(Cc1cccc(C)c1)C(=O)CCCN1C(=O)c2cccc3cccc1c23. The zero-order valence-corrected chi connectivity index (χ0v) is 21.6. The van der Waals surface area contributed by atoms with E-state index in [4.69, 9.17) is 0 Å². The van der Waals surface area contributed by atoms with E-state index in [9.17, 15) is 14.4 Å². The normalized spacial score (nSPS) is 14.1. The molecule has 0 fully saturated rings. The Labute approximate surface area is 213 Å². The van der Waals surface area contributed by atoms with Crippen LogP contribution in [0.15, 0.2) is 60.7 Å². The van der Waals surface area contributed by atoms with Crippen molar-refractivity contribution >= 4 is 34.2 Å². The van der Waals surface area contributed by atoms with Crippen molar-refractivity contribution in [3.8, 4) is 0 Å². The molecule has 6 heteroatoms. The molecule has 1 aliphatic heterocycles. The summed E-state index contributed by atoms with van der Waals surface area (Å²) in [5, 5.41) is 5.03. The van der Waals surface area contributed by atoms with E-state index >= 15 is 0 Å². The first-order valence-corrected chi connectivity index (χ1v) is 12.8. The molecule has 0 saturated heterocycles. The maximum atomic E-state index is 13.4. The number of anilines is 1. The second kappa shape index (κ2) is 10.9. The summed E-state index contributed by atoms with van der Waals surface area (Å²) < 4.78 is 0. The van der Waals surface area contributed by atoms with Crippen molar-refractivity contribution in [2.75, 3.05) is 11.4 Å². The molecule has 1 aliphatic rings. The fourth-order valence-corrected chi connectivity index (χ4v) is 4.79. The number of hydrogen-bond acceptors (Lipinski definition) is 3. The van der Waals surface area contributed by atoms with Gasteiger partial charge in [-0.05, 0) is 56.7 Å². The van der Waals surface area contributed by atoms with Gasteiger partial charge in [-0.25, -0.2) is 0 Å². The molecular weight excluding hydrogens is 450 g/mol. The van der Waals surface area contributed by atoms with Gasteiger partial charge in [-0.3, -0.25) is 14.4 Å². The van der Waals surface area contributed by atoms with Crippen LogP contribution in [0, 0.1) is 6.92 Å². The largest absolute Gasteiger partial charge is 0.352 e. The molecule has 1 heterocycles. The Morgan fingerprint density at radius 3 is 2.47 bits per heavy atom. The molecule has 2 atom stereocenters. The van der Waals surface area contributed by atoms with Crippen molar-refractivity contribution in [1.82, 2.24) is 10.2 Å². The molecule has 3 amide bonds. The number of amides is 3. The molecule has 188 valence electrons. The summed E-state index contributed by atoms with van der Waals surface area (Å²) in [6.07, 6.45) is 1.59. The minimum atomic E-state index is -0.599. The highest BCUT2D eigenvalue weighted by Crippen LogP contribution is 2.37. The van der Waals surface area contributed by atoms with Crippen molar-refractivity contribution < 1.29 is 14.4 Å². The zero-order chi connectivity index (χ0) is 25.8. The monoisotopic (exact) mass is 485 g/mol. The summed E-state index contributed by atoms with van der Waals surface area (Å²) in [4.78, 5) is 42.9. The second-order valence-corrected chi connectivity index (χ2v) is 9.75. The lowest BCUT2D eigenvalue weighted by Gasteiger charge is -2.30. The van der Waals surface area contributed by atoms with E-state index < -0.39 is 6.04 Å². The van der Waals surface area contributed by atoms with Crippen LogP contribution in [-0.2, 0) is 16.1 Å². The third-order valence-electron chi connectivity index (χ3n) is 7.03. The van der Waals surface area contributed by atoms with E-state index in [-0.39, 0.29) is 30.2 Å². The zero-order valence-electron chi connectivity index (χ0n) is 21.6. The molecule has 36 heavy (non-hydrogen) atoms. The van der Waals surface area contributed by atoms with E-state index in [1.165, 1.54) is 0 Å². The fraction of sp³-hybridized carbons (Fsp3) is 0.367. The standard InChI is InChI=1S/C30H35N3O3/c1-5-21(3)31-29(35)22(4)33(19-23-11-6-10-20(2)18-23)27(34)16-9-17-32-26-15-8-13-24-12-7-14-25(28(24)26)30(32)36/h6-8,10-15,18,21-22H,5,9,16-17,19H2,1-4H3,(H,31,35)/t21-,22+/m1/s1. The van der Waals surface area contributed by atoms with Gasteiger partial charge in [-0.2, -0.15) is 0 Å².